The normalized spacial score (nSPS) is 11.2. The monoisotopic (exact) mass is 342 g/mol. The largest absolute Gasteiger partial charge is 0.375 e. The quantitative estimate of drug-likeness (QED) is 0.433. The van der Waals surface area contributed by atoms with Gasteiger partial charge in [-0.25, -0.2) is 0 Å². The predicted molar refractivity (Wildman–Crippen MR) is 100 cm³/mol. The Morgan fingerprint density at radius 1 is 1.22 bits per heavy atom. The summed E-state index contributed by atoms with van der Waals surface area (Å²) in [6, 6.07) is 16.0. The molecule has 0 saturated heterocycles. The second-order valence-electron chi connectivity index (χ2n) is 5.09. The van der Waals surface area contributed by atoms with Gasteiger partial charge in [-0.1, -0.05) is 41.9 Å². The highest BCUT2D eigenvalue weighted by molar-refractivity contribution is 7.80. The van der Waals surface area contributed by atoms with Crippen molar-refractivity contribution in [3.8, 4) is 0 Å². The first-order valence-electron chi connectivity index (χ1n) is 7.04. The van der Waals surface area contributed by atoms with Gasteiger partial charge in [0.25, 0.3) is 0 Å². The Bertz CT molecular complexity index is 868. The number of hydrogen-bond donors (Lipinski definition) is 2. The number of benzene rings is 2. The first-order valence-corrected chi connectivity index (χ1v) is 7.83. The van der Waals surface area contributed by atoms with Crippen LogP contribution in [-0.4, -0.2) is 15.9 Å². The molecule has 2 aromatic carbocycles. The molecule has 1 aromatic heterocycles. The summed E-state index contributed by atoms with van der Waals surface area (Å²) in [5.74, 6) is 0. The molecule has 3 N–H and O–H groups in total. The highest BCUT2D eigenvalue weighted by atomic mass is 35.5. The van der Waals surface area contributed by atoms with Gasteiger partial charge in [-0.3, -0.25) is 5.43 Å². The molecule has 0 aliphatic carbocycles. The van der Waals surface area contributed by atoms with Gasteiger partial charge in [-0.05, 0) is 36.0 Å². The van der Waals surface area contributed by atoms with Crippen molar-refractivity contribution in [1.29, 1.82) is 0 Å². The third-order valence-electron chi connectivity index (χ3n) is 3.46. The lowest BCUT2D eigenvalue weighted by Crippen LogP contribution is -2.23. The summed E-state index contributed by atoms with van der Waals surface area (Å²) < 4.78 is 2.18. The number of aromatic nitrogens is 1. The molecule has 0 amide bonds. The zero-order chi connectivity index (χ0) is 16.2. The molecule has 4 nitrogen and oxygen atoms in total. The van der Waals surface area contributed by atoms with Crippen molar-refractivity contribution in [2.45, 2.75) is 6.54 Å². The Hall–Kier alpha value is -2.37. The molecular formula is C17H15ClN4S. The number of rotatable bonds is 4. The minimum atomic E-state index is 0.145. The molecule has 3 rings (SSSR count). The van der Waals surface area contributed by atoms with Gasteiger partial charge in [0.2, 0.25) is 0 Å². The van der Waals surface area contributed by atoms with Crippen LogP contribution in [0.5, 0.6) is 0 Å². The lowest BCUT2D eigenvalue weighted by atomic mass is 10.2. The second kappa shape index (κ2) is 6.81. The van der Waals surface area contributed by atoms with Crippen molar-refractivity contribution >= 4 is 46.0 Å². The van der Waals surface area contributed by atoms with E-state index in [1.54, 1.807) is 6.21 Å². The standard InChI is InChI=1S/C17H15ClN4S/c18-14-7-5-12(6-8-14)10-22-11-13(9-20-21-17(19)23)15-3-1-2-4-16(15)22/h1-9,11H,10H2,(H3,19,21,23)/b20-9+. The minimum Gasteiger partial charge on any atom is -0.375 e. The second-order valence-corrected chi connectivity index (χ2v) is 5.97. The fraction of sp³-hybridized carbons (Fsp3) is 0.0588. The molecule has 0 radical (unpaired) electrons. The van der Waals surface area contributed by atoms with E-state index in [9.17, 15) is 0 Å². The van der Waals surface area contributed by atoms with Crippen molar-refractivity contribution in [2.24, 2.45) is 10.8 Å². The molecule has 0 unspecified atom stereocenters. The van der Waals surface area contributed by atoms with E-state index < -0.39 is 0 Å². The Morgan fingerprint density at radius 3 is 2.70 bits per heavy atom. The summed E-state index contributed by atoms with van der Waals surface area (Å²) in [5, 5.41) is 6.05. The van der Waals surface area contributed by atoms with E-state index in [1.165, 1.54) is 5.56 Å². The van der Waals surface area contributed by atoms with Crippen LogP contribution in [0.15, 0.2) is 59.8 Å². The number of halogens is 1. The third-order valence-corrected chi connectivity index (χ3v) is 3.81. The Kier molecular flexibility index (Phi) is 4.60. The van der Waals surface area contributed by atoms with Crippen molar-refractivity contribution in [3.63, 3.8) is 0 Å². The van der Waals surface area contributed by atoms with E-state index in [4.69, 9.17) is 29.6 Å². The van der Waals surface area contributed by atoms with Gasteiger partial charge in [0.05, 0.1) is 6.21 Å². The molecule has 0 aliphatic rings. The topological polar surface area (TPSA) is 55.3 Å². The molecule has 3 aromatic rings. The van der Waals surface area contributed by atoms with E-state index in [0.717, 1.165) is 28.0 Å². The fourth-order valence-electron chi connectivity index (χ4n) is 2.46. The van der Waals surface area contributed by atoms with Crippen LogP contribution in [0.1, 0.15) is 11.1 Å². The molecule has 0 aliphatic heterocycles. The summed E-state index contributed by atoms with van der Waals surface area (Å²) in [5.41, 5.74) is 11.3. The number of para-hydroxylation sites is 1. The number of nitrogens with one attached hydrogen (secondary N) is 1. The molecule has 0 saturated carbocycles. The number of thiocarbonyl (C=S) groups is 1. The smallest absolute Gasteiger partial charge is 0.184 e. The van der Waals surface area contributed by atoms with Crippen LogP contribution < -0.4 is 11.2 Å². The van der Waals surface area contributed by atoms with Gasteiger partial charge < -0.3 is 10.3 Å². The average molecular weight is 343 g/mol. The van der Waals surface area contributed by atoms with E-state index in [-0.39, 0.29) is 5.11 Å². The molecule has 6 heteroatoms. The molecule has 23 heavy (non-hydrogen) atoms. The van der Waals surface area contributed by atoms with Gasteiger partial charge in [-0.2, -0.15) is 5.10 Å². The van der Waals surface area contributed by atoms with Crippen molar-refractivity contribution < 1.29 is 0 Å². The Morgan fingerprint density at radius 2 is 1.96 bits per heavy atom. The molecule has 0 bridgehead atoms. The Labute approximate surface area is 144 Å². The number of nitrogens with two attached hydrogens (primary N) is 1. The number of fused-ring (bicyclic) bond motifs is 1. The lowest BCUT2D eigenvalue weighted by Gasteiger charge is -2.05. The SMILES string of the molecule is NC(=S)N/N=C/c1cn(Cc2ccc(Cl)cc2)c2ccccc12. The predicted octanol–water partition coefficient (Wildman–Crippen LogP) is 3.51. The van der Waals surface area contributed by atoms with Crippen LogP contribution in [0, 0.1) is 0 Å². The number of hydrogen-bond acceptors (Lipinski definition) is 2. The molecule has 1 heterocycles. The van der Waals surface area contributed by atoms with E-state index in [1.807, 2.05) is 36.4 Å². The highest BCUT2D eigenvalue weighted by Gasteiger charge is 2.07. The molecule has 0 atom stereocenters. The highest BCUT2D eigenvalue weighted by Crippen LogP contribution is 2.21. The zero-order valence-corrected chi connectivity index (χ0v) is 13.8. The molecular weight excluding hydrogens is 328 g/mol. The Balaban J connectivity index is 1.95. The van der Waals surface area contributed by atoms with E-state index in [2.05, 4.69) is 33.4 Å². The van der Waals surface area contributed by atoms with Crippen molar-refractivity contribution in [2.75, 3.05) is 0 Å². The lowest BCUT2D eigenvalue weighted by molar-refractivity contribution is 0.836. The van der Waals surface area contributed by atoms with Crippen LogP contribution in [-0.2, 0) is 6.54 Å². The molecule has 116 valence electrons. The molecule has 0 spiro atoms. The van der Waals surface area contributed by atoms with Crippen molar-refractivity contribution in [1.82, 2.24) is 9.99 Å². The fourth-order valence-corrected chi connectivity index (χ4v) is 2.64. The van der Waals surface area contributed by atoms with Crippen LogP contribution >= 0.6 is 23.8 Å². The summed E-state index contributed by atoms with van der Waals surface area (Å²) in [6.07, 6.45) is 3.78. The maximum atomic E-state index is 5.94. The number of nitrogens with zero attached hydrogens (tertiary/aromatic N) is 2. The van der Waals surface area contributed by atoms with Crippen LogP contribution in [0.3, 0.4) is 0 Å². The van der Waals surface area contributed by atoms with Gasteiger partial charge in [0.15, 0.2) is 5.11 Å². The van der Waals surface area contributed by atoms with Crippen LogP contribution in [0.25, 0.3) is 10.9 Å². The van der Waals surface area contributed by atoms with Crippen molar-refractivity contribution in [3.05, 3.63) is 70.9 Å². The molecule has 0 fully saturated rings. The zero-order valence-electron chi connectivity index (χ0n) is 12.2. The van der Waals surface area contributed by atoms with E-state index >= 15 is 0 Å². The maximum absolute atomic E-state index is 5.94. The van der Waals surface area contributed by atoms with Crippen LogP contribution in [0.2, 0.25) is 5.02 Å². The van der Waals surface area contributed by atoms with Gasteiger partial charge in [0, 0.05) is 34.2 Å². The summed E-state index contributed by atoms with van der Waals surface area (Å²) in [7, 11) is 0. The van der Waals surface area contributed by atoms with Gasteiger partial charge >= 0.3 is 0 Å². The van der Waals surface area contributed by atoms with Crippen LogP contribution in [0.4, 0.5) is 0 Å². The third kappa shape index (κ3) is 3.70. The first kappa shape index (κ1) is 15.5. The van der Waals surface area contributed by atoms with Gasteiger partial charge in [0.1, 0.15) is 0 Å². The maximum Gasteiger partial charge on any atom is 0.184 e. The minimum absolute atomic E-state index is 0.145. The first-order chi connectivity index (χ1) is 11.1. The summed E-state index contributed by atoms with van der Waals surface area (Å²) in [6.45, 7) is 0.758. The number of hydrazone groups is 1. The summed E-state index contributed by atoms with van der Waals surface area (Å²) >= 11 is 10.7. The van der Waals surface area contributed by atoms with Gasteiger partial charge in [-0.15, -0.1) is 0 Å². The van der Waals surface area contributed by atoms with E-state index in [0.29, 0.717) is 0 Å². The average Bonchev–Trinajstić information content (AvgIpc) is 2.88. The summed E-state index contributed by atoms with van der Waals surface area (Å²) in [4.78, 5) is 0.